The number of aromatic nitrogens is 2. The standard InChI is InChI=1S/C27H34N4O2/c32-25(12-5-11-24-28-22-9-2-1-8-21(22)27(33)29-24)31-14-6-7-18-15-19-16-20(26(18)31)17-30-13-4-3-10-23(19)30/h1-2,8-9,15,19-20,23,26H,3-7,10-14,16-17H2,(H,28,29,33). The minimum atomic E-state index is -0.0992. The molecule has 3 aliphatic heterocycles. The normalized spacial score (nSPS) is 29.3. The fourth-order valence-electron chi connectivity index (χ4n) is 7.06. The van der Waals surface area contributed by atoms with Crippen LogP contribution in [0.15, 0.2) is 40.7 Å². The van der Waals surface area contributed by atoms with Crippen LogP contribution in [0.5, 0.6) is 0 Å². The number of likely N-dealkylation sites (tertiary alicyclic amines) is 1. The molecule has 1 amide bonds. The predicted molar refractivity (Wildman–Crippen MR) is 129 cm³/mol. The van der Waals surface area contributed by atoms with E-state index in [1.807, 2.05) is 18.2 Å². The van der Waals surface area contributed by atoms with Crippen molar-refractivity contribution in [3.63, 3.8) is 0 Å². The maximum Gasteiger partial charge on any atom is 0.258 e. The second kappa shape index (κ2) is 8.71. The van der Waals surface area contributed by atoms with E-state index in [2.05, 4.69) is 25.8 Å². The number of amides is 1. The second-order valence-corrected chi connectivity index (χ2v) is 10.5. The number of fused-ring (bicyclic) bond motifs is 7. The summed E-state index contributed by atoms with van der Waals surface area (Å²) in [5.74, 6) is 2.23. The summed E-state index contributed by atoms with van der Waals surface area (Å²) in [5, 5.41) is 0.615. The summed E-state index contributed by atoms with van der Waals surface area (Å²) in [6.07, 6.45) is 12.0. The molecule has 4 aliphatic rings. The third-order valence-electron chi connectivity index (χ3n) is 8.44. The van der Waals surface area contributed by atoms with Gasteiger partial charge < -0.3 is 9.88 Å². The van der Waals surface area contributed by atoms with Gasteiger partial charge >= 0.3 is 0 Å². The van der Waals surface area contributed by atoms with Crippen molar-refractivity contribution in [2.75, 3.05) is 19.6 Å². The molecule has 4 heterocycles. The van der Waals surface area contributed by atoms with Gasteiger partial charge in [0.1, 0.15) is 5.82 Å². The van der Waals surface area contributed by atoms with Crippen molar-refractivity contribution in [3.8, 4) is 0 Å². The molecule has 174 valence electrons. The van der Waals surface area contributed by atoms with Gasteiger partial charge in [-0.2, -0.15) is 0 Å². The summed E-state index contributed by atoms with van der Waals surface area (Å²) in [6.45, 7) is 3.28. The predicted octanol–water partition coefficient (Wildman–Crippen LogP) is 3.67. The Bertz CT molecular complexity index is 1140. The minimum absolute atomic E-state index is 0.0992. The van der Waals surface area contributed by atoms with Crippen LogP contribution in [0.25, 0.3) is 10.9 Å². The van der Waals surface area contributed by atoms with E-state index < -0.39 is 0 Å². The van der Waals surface area contributed by atoms with E-state index in [0.29, 0.717) is 48.4 Å². The van der Waals surface area contributed by atoms with E-state index in [4.69, 9.17) is 0 Å². The zero-order valence-electron chi connectivity index (χ0n) is 19.3. The van der Waals surface area contributed by atoms with Crippen LogP contribution in [0.4, 0.5) is 0 Å². The molecular formula is C27H34N4O2. The topological polar surface area (TPSA) is 69.3 Å². The summed E-state index contributed by atoms with van der Waals surface area (Å²) in [7, 11) is 0. The molecule has 1 N–H and O–H groups in total. The van der Waals surface area contributed by atoms with Gasteiger partial charge in [-0.1, -0.05) is 30.2 Å². The van der Waals surface area contributed by atoms with Crippen LogP contribution >= 0.6 is 0 Å². The van der Waals surface area contributed by atoms with Crippen LogP contribution in [-0.4, -0.2) is 57.4 Å². The number of piperidine rings is 3. The molecule has 1 aliphatic carbocycles. The number of benzene rings is 1. The minimum Gasteiger partial charge on any atom is -0.336 e. The molecule has 0 saturated carbocycles. The van der Waals surface area contributed by atoms with Gasteiger partial charge in [0.05, 0.1) is 16.9 Å². The second-order valence-electron chi connectivity index (χ2n) is 10.5. The van der Waals surface area contributed by atoms with Gasteiger partial charge in [-0.05, 0) is 69.0 Å². The number of aryl methyl sites for hydroxylation is 1. The van der Waals surface area contributed by atoms with Crippen molar-refractivity contribution in [2.45, 2.75) is 69.9 Å². The maximum absolute atomic E-state index is 13.4. The van der Waals surface area contributed by atoms with E-state index in [9.17, 15) is 9.59 Å². The molecule has 0 spiro atoms. The Morgan fingerprint density at radius 3 is 3.00 bits per heavy atom. The van der Waals surface area contributed by atoms with Crippen molar-refractivity contribution in [1.82, 2.24) is 19.8 Å². The molecule has 0 radical (unpaired) electrons. The molecule has 1 aromatic heterocycles. The van der Waals surface area contributed by atoms with Crippen LogP contribution < -0.4 is 5.56 Å². The Morgan fingerprint density at radius 2 is 2.06 bits per heavy atom. The highest BCUT2D eigenvalue weighted by Crippen LogP contribution is 2.45. The molecule has 6 rings (SSSR count). The lowest BCUT2D eigenvalue weighted by molar-refractivity contribution is -0.136. The van der Waals surface area contributed by atoms with E-state index >= 15 is 0 Å². The van der Waals surface area contributed by atoms with Crippen LogP contribution in [0, 0.1) is 11.8 Å². The fraction of sp³-hybridized carbons (Fsp3) is 0.593. The van der Waals surface area contributed by atoms with Crippen molar-refractivity contribution in [3.05, 3.63) is 52.1 Å². The highest BCUT2D eigenvalue weighted by molar-refractivity contribution is 5.78. The molecule has 4 atom stereocenters. The number of para-hydroxylation sites is 1. The zero-order chi connectivity index (χ0) is 22.4. The lowest BCUT2D eigenvalue weighted by atomic mass is 9.68. The Kier molecular flexibility index (Phi) is 5.57. The number of hydrogen-bond donors (Lipinski definition) is 1. The Balaban J connectivity index is 1.14. The molecule has 3 saturated heterocycles. The number of H-pyrrole nitrogens is 1. The van der Waals surface area contributed by atoms with Crippen LogP contribution in [-0.2, 0) is 11.2 Å². The first kappa shape index (κ1) is 21.1. The Morgan fingerprint density at radius 1 is 1.15 bits per heavy atom. The fourth-order valence-corrected chi connectivity index (χ4v) is 7.06. The Hall–Kier alpha value is -2.47. The first-order chi connectivity index (χ1) is 16.2. The molecular weight excluding hydrogens is 412 g/mol. The molecule has 2 bridgehead atoms. The molecule has 6 heteroatoms. The van der Waals surface area contributed by atoms with Gasteiger partial charge in [0, 0.05) is 32.0 Å². The van der Waals surface area contributed by atoms with Gasteiger partial charge in [-0.3, -0.25) is 14.5 Å². The van der Waals surface area contributed by atoms with E-state index in [0.717, 1.165) is 37.5 Å². The van der Waals surface area contributed by atoms with Crippen molar-refractivity contribution in [1.29, 1.82) is 0 Å². The quantitative estimate of drug-likeness (QED) is 0.728. The average molecular weight is 447 g/mol. The van der Waals surface area contributed by atoms with Crippen molar-refractivity contribution >= 4 is 16.8 Å². The van der Waals surface area contributed by atoms with Crippen LogP contribution in [0.1, 0.15) is 57.2 Å². The van der Waals surface area contributed by atoms with E-state index in [1.54, 1.807) is 11.6 Å². The highest BCUT2D eigenvalue weighted by atomic mass is 16.2. The third-order valence-corrected chi connectivity index (χ3v) is 8.44. The molecule has 3 fully saturated rings. The maximum atomic E-state index is 13.4. The summed E-state index contributed by atoms with van der Waals surface area (Å²) in [6, 6.07) is 8.46. The zero-order valence-corrected chi connectivity index (χ0v) is 19.3. The largest absolute Gasteiger partial charge is 0.336 e. The van der Waals surface area contributed by atoms with Gasteiger partial charge in [0.15, 0.2) is 0 Å². The van der Waals surface area contributed by atoms with Gasteiger partial charge in [0.25, 0.3) is 5.56 Å². The van der Waals surface area contributed by atoms with Crippen molar-refractivity contribution in [2.24, 2.45) is 11.8 Å². The molecule has 1 aromatic carbocycles. The van der Waals surface area contributed by atoms with E-state index in [1.165, 1.54) is 32.2 Å². The highest BCUT2D eigenvalue weighted by Gasteiger charge is 2.46. The average Bonchev–Trinajstić information content (AvgIpc) is 2.84. The molecule has 4 unspecified atom stereocenters. The number of nitrogens with zero attached hydrogens (tertiary/aromatic N) is 3. The lowest BCUT2D eigenvalue weighted by Crippen LogP contribution is -2.60. The summed E-state index contributed by atoms with van der Waals surface area (Å²) in [5.41, 5.74) is 2.16. The number of nitrogens with one attached hydrogen (secondary N) is 1. The number of hydrogen-bond acceptors (Lipinski definition) is 4. The first-order valence-electron chi connectivity index (χ1n) is 12.9. The van der Waals surface area contributed by atoms with Gasteiger partial charge in [-0.25, -0.2) is 4.98 Å². The molecule has 6 nitrogen and oxygen atoms in total. The monoisotopic (exact) mass is 446 g/mol. The molecule has 2 aromatic rings. The van der Waals surface area contributed by atoms with Crippen LogP contribution in [0.3, 0.4) is 0 Å². The van der Waals surface area contributed by atoms with Crippen molar-refractivity contribution < 1.29 is 4.79 Å². The summed E-state index contributed by atoms with van der Waals surface area (Å²) in [4.78, 5) is 38.1. The number of carbonyl (C=O) groups is 1. The van der Waals surface area contributed by atoms with Crippen LogP contribution in [0.2, 0.25) is 0 Å². The smallest absolute Gasteiger partial charge is 0.258 e. The third kappa shape index (κ3) is 3.92. The van der Waals surface area contributed by atoms with Gasteiger partial charge in [0.2, 0.25) is 5.91 Å². The summed E-state index contributed by atoms with van der Waals surface area (Å²) >= 11 is 0. The number of rotatable bonds is 4. The SMILES string of the molecule is O=C(CCCc1nc2ccccc2c(=O)[nH]1)N1CCCC2=CC3CC(CN4CCCCC34)C21. The van der Waals surface area contributed by atoms with Gasteiger partial charge in [-0.15, -0.1) is 0 Å². The molecule has 33 heavy (non-hydrogen) atoms. The Labute approximate surface area is 195 Å². The van der Waals surface area contributed by atoms with E-state index in [-0.39, 0.29) is 11.5 Å². The first-order valence-corrected chi connectivity index (χ1v) is 12.9. The number of aromatic amines is 1. The summed E-state index contributed by atoms with van der Waals surface area (Å²) < 4.78 is 0. The number of carbonyl (C=O) groups excluding carboxylic acids is 1. The lowest BCUT2D eigenvalue weighted by Gasteiger charge is -2.54.